The lowest BCUT2D eigenvalue weighted by atomic mass is 9.98. The number of piperidine rings is 1. The van der Waals surface area contributed by atoms with Gasteiger partial charge in [-0.2, -0.15) is 0 Å². The molecule has 5 nitrogen and oxygen atoms in total. The molecule has 1 saturated heterocycles. The molecule has 1 heterocycles. The summed E-state index contributed by atoms with van der Waals surface area (Å²) in [6, 6.07) is 14.4. The molecule has 2 amide bonds. The zero-order chi connectivity index (χ0) is 18.5. The van der Waals surface area contributed by atoms with Crippen LogP contribution in [0.15, 0.2) is 48.5 Å². The molecule has 0 aliphatic carbocycles. The van der Waals surface area contributed by atoms with Crippen molar-refractivity contribution in [3.63, 3.8) is 0 Å². The van der Waals surface area contributed by atoms with Gasteiger partial charge < -0.3 is 16.0 Å². The first-order valence-corrected chi connectivity index (χ1v) is 9.05. The average molecular weight is 388 g/mol. The third kappa shape index (κ3) is 5.47. The SMILES string of the molecule is CC1CCN(C(=O)c2ccccc2NC(=O)Cc2ccc(N)cc2)CC1.Cl. The second-order valence-corrected chi connectivity index (χ2v) is 6.99. The number of carbonyl (C=O) groups is 2. The molecule has 3 N–H and O–H groups in total. The largest absolute Gasteiger partial charge is 0.399 e. The van der Waals surface area contributed by atoms with Gasteiger partial charge in [0.2, 0.25) is 5.91 Å². The smallest absolute Gasteiger partial charge is 0.255 e. The number of nitrogens with two attached hydrogens (primary N) is 1. The van der Waals surface area contributed by atoms with E-state index in [0.29, 0.717) is 22.9 Å². The lowest BCUT2D eigenvalue weighted by Crippen LogP contribution is -2.38. The number of hydrogen-bond acceptors (Lipinski definition) is 3. The summed E-state index contributed by atoms with van der Waals surface area (Å²) >= 11 is 0. The van der Waals surface area contributed by atoms with Crippen LogP contribution < -0.4 is 11.1 Å². The Morgan fingerprint density at radius 3 is 2.37 bits per heavy atom. The predicted molar refractivity (Wildman–Crippen MR) is 111 cm³/mol. The van der Waals surface area contributed by atoms with E-state index in [0.717, 1.165) is 31.5 Å². The summed E-state index contributed by atoms with van der Waals surface area (Å²) in [7, 11) is 0. The van der Waals surface area contributed by atoms with E-state index in [2.05, 4.69) is 12.2 Å². The van der Waals surface area contributed by atoms with Crippen LogP contribution in [0.2, 0.25) is 0 Å². The summed E-state index contributed by atoms with van der Waals surface area (Å²) < 4.78 is 0. The monoisotopic (exact) mass is 387 g/mol. The third-order valence-corrected chi connectivity index (χ3v) is 4.85. The van der Waals surface area contributed by atoms with Gasteiger partial charge in [0.25, 0.3) is 5.91 Å². The number of para-hydroxylation sites is 1. The molecular weight excluding hydrogens is 362 g/mol. The minimum absolute atomic E-state index is 0. The number of nitrogens with zero attached hydrogens (tertiary/aromatic N) is 1. The predicted octanol–water partition coefficient (Wildman–Crippen LogP) is 3.74. The van der Waals surface area contributed by atoms with Crippen LogP contribution in [0.25, 0.3) is 0 Å². The van der Waals surface area contributed by atoms with Crippen molar-refractivity contribution < 1.29 is 9.59 Å². The maximum atomic E-state index is 12.9. The summed E-state index contributed by atoms with van der Waals surface area (Å²) in [6.07, 6.45) is 2.29. The van der Waals surface area contributed by atoms with Gasteiger partial charge in [-0.1, -0.05) is 31.2 Å². The molecule has 27 heavy (non-hydrogen) atoms. The van der Waals surface area contributed by atoms with Crippen molar-refractivity contribution in [2.24, 2.45) is 5.92 Å². The second kappa shape index (κ2) is 9.42. The first-order valence-electron chi connectivity index (χ1n) is 9.05. The Labute approximate surface area is 166 Å². The van der Waals surface area contributed by atoms with Gasteiger partial charge in [0.15, 0.2) is 0 Å². The zero-order valence-corrected chi connectivity index (χ0v) is 16.3. The zero-order valence-electron chi connectivity index (χ0n) is 15.5. The fourth-order valence-electron chi connectivity index (χ4n) is 3.18. The number of amides is 2. The first-order chi connectivity index (χ1) is 12.5. The van der Waals surface area contributed by atoms with Crippen LogP contribution in [-0.2, 0) is 11.2 Å². The van der Waals surface area contributed by atoms with Crippen LogP contribution in [0.3, 0.4) is 0 Å². The highest BCUT2D eigenvalue weighted by Crippen LogP contribution is 2.22. The van der Waals surface area contributed by atoms with E-state index < -0.39 is 0 Å². The molecule has 0 atom stereocenters. The maximum Gasteiger partial charge on any atom is 0.255 e. The van der Waals surface area contributed by atoms with E-state index in [9.17, 15) is 9.59 Å². The Kier molecular flexibility index (Phi) is 7.25. The van der Waals surface area contributed by atoms with Gasteiger partial charge in [0.1, 0.15) is 0 Å². The Morgan fingerprint density at radius 1 is 1.07 bits per heavy atom. The highest BCUT2D eigenvalue weighted by atomic mass is 35.5. The van der Waals surface area contributed by atoms with E-state index in [1.807, 2.05) is 29.2 Å². The van der Waals surface area contributed by atoms with E-state index in [1.165, 1.54) is 0 Å². The summed E-state index contributed by atoms with van der Waals surface area (Å²) in [5.41, 5.74) is 8.33. The number of benzene rings is 2. The van der Waals surface area contributed by atoms with Crippen LogP contribution in [0.4, 0.5) is 11.4 Å². The Balaban J connectivity index is 0.00000261. The van der Waals surface area contributed by atoms with Crippen LogP contribution in [0.5, 0.6) is 0 Å². The molecular formula is C21H26ClN3O2. The molecule has 2 aromatic rings. The van der Waals surface area contributed by atoms with Crippen molar-refractivity contribution in [1.82, 2.24) is 4.90 Å². The maximum absolute atomic E-state index is 12.9. The molecule has 0 spiro atoms. The number of anilines is 2. The molecule has 1 fully saturated rings. The van der Waals surface area contributed by atoms with E-state index in [-0.39, 0.29) is 30.6 Å². The Morgan fingerprint density at radius 2 is 1.70 bits per heavy atom. The van der Waals surface area contributed by atoms with Gasteiger partial charge in [0, 0.05) is 18.8 Å². The standard InChI is InChI=1S/C21H25N3O2.ClH/c1-15-10-12-24(13-11-15)21(26)18-4-2-3-5-19(18)23-20(25)14-16-6-8-17(22)9-7-16;/h2-9,15H,10-14,22H2,1H3,(H,23,25);1H. The number of nitrogens with one attached hydrogen (secondary N) is 1. The van der Waals surface area contributed by atoms with Crippen LogP contribution in [-0.4, -0.2) is 29.8 Å². The fourth-order valence-corrected chi connectivity index (χ4v) is 3.18. The molecule has 144 valence electrons. The van der Waals surface area contributed by atoms with Gasteiger partial charge in [0.05, 0.1) is 17.7 Å². The summed E-state index contributed by atoms with van der Waals surface area (Å²) in [4.78, 5) is 27.1. The van der Waals surface area contributed by atoms with Gasteiger partial charge >= 0.3 is 0 Å². The number of carbonyl (C=O) groups excluding carboxylic acids is 2. The van der Waals surface area contributed by atoms with Crippen LogP contribution in [0.1, 0.15) is 35.7 Å². The normalized spacial score (nSPS) is 14.3. The number of likely N-dealkylation sites (tertiary alicyclic amines) is 1. The van der Waals surface area contributed by atoms with Gasteiger partial charge in [-0.05, 0) is 48.6 Å². The minimum atomic E-state index is -0.151. The number of nitrogen functional groups attached to an aromatic ring is 1. The lowest BCUT2D eigenvalue weighted by Gasteiger charge is -2.30. The van der Waals surface area contributed by atoms with Crippen molar-refractivity contribution in [3.05, 3.63) is 59.7 Å². The molecule has 1 aliphatic heterocycles. The molecule has 3 rings (SSSR count). The Hall–Kier alpha value is -2.53. The van der Waals surface area contributed by atoms with Gasteiger partial charge in [-0.3, -0.25) is 9.59 Å². The second-order valence-electron chi connectivity index (χ2n) is 6.99. The van der Waals surface area contributed by atoms with Crippen molar-refractivity contribution in [2.75, 3.05) is 24.1 Å². The minimum Gasteiger partial charge on any atom is -0.399 e. The molecule has 0 saturated carbocycles. The van der Waals surface area contributed by atoms with Crippen molar-refractivity contribution in [1.29, 1.82) is 0 Å². The lowest BCUT2D eigenvalue weighted by molar-refractivity contribution is -0.115. The first kappa shape index (κ1) is 20.8. The third-order valence-electron chi connectivity index (χ3n) is 4.85. The van der Waals surface area contributed by atoms with E-state index in [1.54, 1.807) is 24.3 Å². The average Bonchev–Trinajstić information content (AvgIpc) is 2.64. The number of rotatable bonds is 4. The van der Waals surface area contributed by atoms with Crippen molar-refractivity contribution in [2.45, 2.75) is 26.2 Å². The van der Waals surface area contributed by atoms with Crippen molar-refractivity contribution >= 4 is 35.6 Å². The molecule has 0 bridgehead atoms. The van der Waals surface area contributed by atoms with E-state index in [4.69, 9.17) is 5.73 Å². The molecule has 1 aliphatic rings. The fraction of sp³-hybridized carbons (Fsp3) is 0.333. The van der Waals surface area contributed by atoms with Crippen LogP contribution in [0, 0.1) is 5.92 Å². The van der Waals surface area contributed by atoms with Gasteiger partial charge in [-0.15, -0.1) is 12.4 Å². The molecule has 0 unspecified atom stereocenters. The highest BCUT2D eigenvalue weighted by molar-refractivity contribution is 6.04. The summed E-state index contributed by atoms with van der Waals surface area (Å²) in [5.74, 6) is 0.497. The topological polar surface area (TPSA) is 75.4 Å². The number of halogens is 1. The quantitative estimate of drug-likeness (QED) is 0.784. The van der Waals surface area contributed by atoms with E-state index >= 15 is 0 Å². The Bertz CT molecular complexity index is 784. The summed E-state index contributed by atoms with van der Waals surface area (Å²) in [5, 5.41) is 2.88. The molecule has 0 aromatic heterocycles. The van der Waals surface area contributed by atoms with Gasteiger partial charge in [-0.25, -0.2) is 0 Å². The van der Waals surface area contributed by atoms with Crippen molar-refractivity contribution in [3.8, 4) is 0 Å². The molecule has 0 radical (unpaired) electrons. The molecule has 2 aromatic carbocycles. The number of hydrogen-bond donors (Lipinski definition) is 2. The highest BCUT2D eigenvalue weighted by Gasteiger charge is 2.23. The van der Waals surface area contributed by atoms with Crippen LogP contribution >= 0.6 is 12.4 Å². The molecule has 6 heteroatoms. The summed E-state index contributed by atoms with van der Waals surface area (Å²) in [6.45, 7) is 3.76.